The van der Waals surface area contributed by atoms with Crippen LogP contribution in [0.1, 0.15) is 16.1 Å². The molecule has 26 heavy (non-hydrogen) atoms. The summed E-state index contributed by atoms with van der Waals surface area (Å²) < 4.78 is 5.08. The number of rotatable bonds is 6. The molecule has 2 aromatic carbocycles. The number of para-hydroxylation sites is 1. The van der Waals surface area contributed by atoms with Gasteiger partial charge < -0.3 is 15.2 Å². The van der Waals surface area contributed by atoms with Gasteiger partial charge in [0.25, 0.3) is 5.91 Å². The van der Waals surface area contributed by atoms with Gasteiger partial charge >= 0.3 is 5.97 Å². The van der Waals surface area contributed by atoms with Crippen molar-refractivity contribution in [2.24, 2.45) is 0 Å². The highest BCUT2D eigenvalue weighted by molar-refractivity contribution is 5.97. The minimum atomic E-state index is -1.10. The number of ether oxygens (including phenoxy) is 1. The van der Waals surface area contributed by atoms with Crippen LogP contribution in [0.2, 0.25) is 0 Å². The van der Waals surface area contributed by atoms with Crippen molar-refractivity contribution in [2.45, 2.75) is 12.5 Å². The Morgan fingerprint density at radius 3 is 2.50 bits per heavy atom. The van der Waals surface area contributed by atoms with Gasteiger partial charge in [-0.1, -0.05) is 36.4 Å². The first-order valence-corrected chi connectivity index (χ1v) is 8.09. The van der Waals surface area contributed by atoms with Crippen LogP contribution in [0, 0.1) is 0 Å². The van der Waals surface area contributed by atoms with Crippen LogP contribution in [0.15, 0.2) is 60.7 Å². The number of aliphatic carboxylic acids is 1. The molecule has 0 saturated heterocycles. The molecule has 132 valence electrons. The molecule has 1 amide bonds. The van der Waals surface area contributed by atoms with Crippen molar-refractivity contribution in [1.82, 2.24) is 10.3 Å². The van der Waals surface area contributed by atoms with Crippen molar-refractivity contribution in [3.63, 3.8) is 0 Å². The third-order valence-corrected chi connectivity index (χ3v) is 4.03. The highest BCUT2D eigenvalue weighted by Crippen LogP contribution is 2.14. The van der Waals surface area contributed by atoms with Crippen LogP contribution in [0.3, 0.4) is 0 Å². The number of hydrogen-bond acceptors (Lipinski definition) is 4. The van der Waals surface area contributed by atoms with E-state index in [0.29, 0.717) is 11.3 Å². The summed E-state index contributed by atoms with van der Waals surface area (Å²) in [5.41, 5.74) is 1.65. The van der Waals surface area contributed by atoms with E-state index in [2.05, 4.69) is 10.3 Å². The summed E-state index contributed by atoms with van der Waals surface area (Å²) in [7, 11) is 1.56. The summed E-state index contributed by atoms with van der Waals surface area (Å²) >= 11 is 0. The van der Waals surface area contributed by atoms with Gasteiger partial charge in [-0.2, -0.15) is 0 Å². The summed E-state index contributed by atoms with van der Waals surface area (Å²) in [4.78, 5) is 28.3. The van der Waals surface area contributed by atoms with Crippen molar-refractivity contribution < 1.29 is 19.4 Å². The van der Waals surface area contributed by atoms with Gasteiger partial charge in [-0.3, -0.25) is 4.79 Å². The SMILES string of the molecule is COc1ccc(C[C@@H](NC(=O)c2ccc3ccccc3n2)C(=O)O)cc1. The maximum atomic E-state index is 12.4. The zero-order chi connectivity index (χ0) is 18.5. The highest BCUT2D eigenvalue weighted by Gasteiger charge is 2.22. The zero-order valence-electron chi connectivity index (χ0n) is 14.2. The number of methoxy groups -OCH3 is 1. The molecule has 0 spiro atoms. The Morgan fingerprint density at radius 1 is 1.08 bits per heavy atom. The molecular formula is C20H18N2O4. The molecule has 0 unspecified atom stereocenters. The van der Waals surface area contributed by atoms with Crippen molar-refractivity contribution in [1.29, 1.82) is 0 Å². The monoisotopic (exact) mass is 350 g/mol. The summed E-state index contributed by atoms with van der Waals surface area (Å²) in [6.07, 6.45) is 0.165. The lowest BCUT2D eigenvalue weighted by atomic mass is 10.1. The van der Waals surface area contributed by atoms with Crippen molar-refractivity contribution >= 4 is 22.8 Å². The average Bonchev–Trinajstić information content (AvgIpc) is 2.67. The van der Waals surface area contributed by atoms with Gasteiger partial charge in [0.2, 0.25) is 0 Å². The number of carboxylic acids is 1. The molecule has 1 aromatic heterocycles. The molecule has 0 aliphatic rings. The number of aromatic nitrogens is 1. The zero-order valence-corrected chi connectivity index (χ0v) is 14.2. The standard InChI is InChI=1S/C20H18N2O4/c1-26-15-9-6-13(7-10-15)12-18(20(24)25)22-19(23)17-11-8-14-4-2-3-5-16(14)21-17/h2-11,18H,12H2,1H3,(H,22,23)(H,24,25)/t18-/m1/s1. The number of amides is 1. The first-order chi connectivity index (χ1) is 12.6. The second-order valence-electron chi connectivity index (χ2n) is 5.81. The van der Waals surface area contributed by atoms with Gasteiger partial charge in [-0.25, -0.2) is 9.78 Å². The quantitative estimate of drug-likeness (QED) is 0.713. The lowest BCUT2D eigenvalue weighted by Gasteiger charge is -2.15. The van der Waals surface area contributed by atoms with E-state index < -0.39 is 17.9 Å². The van der Waals surface area contributed by atoms with Crippen LogP contribution in [0.5, 0.6) is 5.75 Å². The van der Waals surface area contributed by atoms with Gasteiger partial charge in [0.15, 0.2) is 0 Å². The minimum absolute atomic E-state index is 0.165. The van der Waals surface area contributed by atoms with E-state index >= 15 is 0 Å². The maximum Gasteiger partial charge on any atom is 0.326 e. The topological polar surface area (TPSA) is 88.5 Å². The van der Waals surface area contributed by atoms with E-state index in [9.17, 15) is 14.7 Å². The first kappa shape index (κ1) is 17.4. The second-order valence-corrected chi connectivity index (χ2v) is 5.81. The highest BCUT2D eigenvalue weighted by atomic mass is 16.5. The van der Waals surface area contributed by atoms with Crippen LogP contribution in [-0.4, -0.2) is 35.1 Å². The second kappa shape index (κ2) is 7.65. The number of nitrogens with zero attached hydrogens (tertiary/aromatic N) is 1. The Balaban J connectivity index is 1.75. The number of fused-ring (bicyclic) bond motifs is 1. The molecule has 6 heteroatoms. The number of hydrogen-bond donors (Lipinski definition) is 2. The molecule has 0 aliphatic heterocycles. The van der Waals surface area contributed by atoms with Gasteiger partial charge in [0.05, 0.1) is 12.6 Å². The summed E-state index contributed by atoms with van der Waals surface area (Å²) in [5, 5.41) is 12.9. The van der Waals surface area contributed by atoms with E-state index in [1.54, 1.807) is 49.6 Å². The molecule has 3 rings (SSSR count). The lowest BCUT2D eigenvalue weighted by Crippen LogP contribution is -2.42. The van der Waals surface area contributed by atoms with E-state index in [1.807, 2.05) is 18.2 Å². The number of nitrogens with one attached hydrogen (secondary N) is 1. The van der Waals surface area contributed by atoms with Crippen LogP contribution in [-0.2, 0) is 11.2 Å². The minimum Gasteiger partial charge on any atom is -0.497 e. The Kier molecular flexibility index (Phi) is 5.12. The molecule has 1 heterocycles. The fraction of sp³-hybridized carbons (Fsp3) is 0.150. The predicted molar refractivity (Wildman–Crippen MR) is 97.3 cm³/mol. The molecule has 0 bridgehead atoms. The summed E-state index contributed by atoms with van der Waals surface area (Å²) in [6, 6.07) is 16.8. The van der Waals surface area contributed by atoms with E-state index in [4.69, 9.17) is 4.74 Å². The molecule has 6 nitrogen and oxygen atoms in total. The summed E-state index contributed by atoms with van der Waals surface area (Å²) in [5.74, 6) is -0.934. The molecule has 1 atom stereocenters. The van der Waals surface area contributed by atoms with Gasteiger partial charge in [0, 0.05) is 11.8 Å². The van der Waals surface area contributed by atoms with Gasteiger partial charge in [-0.15, -0.1) is 0 Å². The van der Waals surface area contributed by atoms with E-state index in [-0.39, 0.29) is 12.1 Å². The number of pyridine rings is 1. The molecular weight excluding hydrogens is 332 g/mol. The molecule has 2 N–H and O–H groups in total. The molecule has 0 fully saturated rings. The maximum absolute atomic E-state index is 12.4. The van der Waals surface area contributed by atoms with Crippen molar-refractivity contribution in [3.8, 4) is 5.75 Å². The molecule has 0 aliphatic carbocycles. The van der Waals surface area contributed by atoms with Crippen LogP contribution in [0.4, 0.5) is 0 Å². The van der Waals surface area contributed by atoms with E-state index in [1.165, 1.54) is 0 Å². The normalized spacial score (nSPS) is 11.7. The largest absolute Gasteiger partial charge is 0.497 e. The average molecular weight is 350 g/mol. The third kappa shape index (κ3) is 3.97. The van der Waals surface area contributed by atoms with E-state index in [0.717, 1.165) is 10.9 Å². The molecule has 0 radical (unpaired) electrons. The first-order valence-electron chi connectivity index (χ1n) is 8.09. The number of carbonyl (C=O) groups excluding carboxylic acids is 1. The Morgan fingerprint density at radius 2 is 1.81 bits per heavy atom. The number of carboxylic acid groups (broad SMARTS) is 1. The molecule has 0 saturated carbocycles. The summed E-state index contributed by atoms with van der Waals surface area (Å²) in [6.45, 7) is 0. The fourth-order valence-electron chi connectivity index (χ4n) is 2.62. The predicted octanol–water partition coefficient (Wildman–Crippen LogP) is 2.67. The van der Waals surface area contributed by atoms with Gasteiger partial charge in [-0.05, 0) is 29.8 Å². The van der Waals surface area contributed by atoms with Crippen molar-refractivity contribution in [3.05, 3.63) is 71.9 Å². The van der Waals surface area contributed by atoms with Gasteiger partial charge in [0.1, 0.15) is 17.5 Å². The van der Waals surface area contributed by atoms with Crippen LogP contribution >= 0.6 is 0 Å². The Bertz CT molecular complexity index is 938. The third-order valence-electron chi connectivity index (χ3n) is 4.03. The smallest absolute Gasteiger partial charge is 0.326 e. The van der Waals surface area contributed by atoms with Crippen LogP contribution in [0.25, 0.3) is 10.9 Å². The van der Waals surface area contributed by atoms with Crippen molar-refractivity contribution in [2.75, 3.05) is 7.11 Å². The van der Waals surface area contributed by atoms with Crippen LogP contribution < -0.4 is 10.1 Å². The Hall–Kier alpha value is -3.41. The number of benzene rings is 2. The fourth-order valence-corrected chi connectivity index (χ4v) is 2.62. The lowest BCUT2D eigenvalue weighted by molar-refractivity contribution is -0.139. The Labute approximate surface area is 150 Å². The number of carbonyl (C=O) groups is 2. The molecule has 3 aromatic rings.